The molecule has 1 saturated carbocycles. The van der Waals surface area contributed by atoms with Gasteiger partial charge in [-0.15, -0.1) is 0 Å². The molecule has 0 spiro atoms. The zero-order chi connectivity index (χ0) is 30.4. The minimum absolute atomic E-state index is 0.0419. The Morgan fingerprint density at radius 1 is 0.886 bits per heavy atom. The van der Waals surface area contributed by atoms with Crippen molar-refractivity contribution in [1.82, 2.24) is 34.9 Å². The quantitative estimate of drug-likeness (QED) is 0.362. The number of carbonyl (C=O) groups excluding carboxylic acids is 2. The number of likely N-dealkylation sites (tertiary alicyclic amines) is 2. The van der Waals surface area contributed by atoms with Gasteiger partial charge >= 0.3 is 0 Å². The Morgan fingerprint density at radius 3 is 2.25 bits per heavy atom. The van der Waals surface area contributed by atoms with Gasteiger partial charge in [0.15, 0.2) is 0 Å². The molecule has 3 aromatic rings. The predicted octanol–water partition coefficient (Wildman–Crippen LogP) is 5.02. The first kappa shape index (κ1) is 30.7. The van der Waals surface area contributed by atoms with E-state index in [1.54, 1.807) is 30.9 Å². The van der Waals surface area contributed by atoms with Crippen LogP contribution < -0.4 is 5.32 Å². The minimum atomic E-state index is -0.332. The van der Waals surface area contributed by atoms with E-state index in [4.69, 9.17) is 11.6 Å². The third-order valence-electron chi connectivity index (χ3n) is 10.3. The van der Waals surface area contributed by atoms with Crippen LogP contribution in [0.25, 0.3) is 0 Å². The summed E-state index contributed by atoms with van der Waals surface area (Å²) in [6.45, 7) is 3.74. The number of halogens is 1. The number of rotatable bonds is 9. The second-order valence-electron chi connectivity index (χ2n) is 13.0. The standard InChI is InChI=1S/C34H44ClN7O2/c35-29-8-6-26(7-9-29)22-31(39-30-12-18-40(19-13-30)32(43)27-10-16-36-17-11-27)33(44)41-20-14-34(15-21-41,23-42-25-37-24-38-42)28-4-2-1-3-5-28/h6-11,16-17,24-25,28,30-31,39H,1-5,12-15,18-23H2/t31-/m1/s1. The maximum Gasteiger partial charge on any atom is 0.253 e. The zero-order valence-corrected chi connectivity index (χ0v) is 26.2. The molecule has 1 N–H and O–H groups in total. The topological polar surface area (TPSA) is 96.2 Å². The normalized spacial score (nSPS) is 20.4. The number of carbonyl (C=O) groups is 2. The summed E-state index contributed by atoms with van der Waals surface area (Å²) in [5.74, 6) is 0.884. The fourth-order valence-electron chi connectivity index (χ4n) is 7.72. The van der Waals surface area contributed by atoms with Crippen molar-refractivity contribution in [3.63, 3.8) is 0 Å². The molecule has 0 radical (unpaired) electrons. The molecular weight excluding hydrogens is 574 g/mol. The number of nitrogens with zero attached hydrogens (tertiary/aromatic N) is 6. The molecule has 234 valence electrons. The smallest absolute Gasteiger partial charge is 0.253 e. The molecule has 9 nitrogen and oxygen atoms in total. The summed E-state index contributed by atoms with van der Waals surface area (Å²) in [4.78, 5) is 39.5. The van der Waals surface area contributed by atoms with Gasteiger partial charge in [-0.2, -0.15) is 5.10 Å². The van der Waals surface area contributed by atoms with E-state index in [-0.39, 0.29) is 29.3 Å². The van der Waals surface area contributed by atoms with Crippen LogP contribution in [0.3, 0.4) is 0 Å². The summed E-state index contributed by atoms with van der Waals surface area (Å²) in [5, 5.41) is 8.90. The number of piperidine rings is 2. The number of amides is 2. The van der Waals surface area contributed by atoms with Crippen molar-refractivity contribution in [2.75, 3.05) is 26.2 Å². The highest BCUT2D eigenvalue weighted by Gasteiger charge is 2.44. The first-order chi connectivity index (χ1) is 21.5. The Labute approximate surface area is 265 Å². The minimum Gasteiger partial charge on any atom is -0.341 e. The highest BCUT2D eigenvalue weighted by atomic mass is 35.5. The lowest BCUT2D eigenvalue weighted by Crippen LogP contribution is -2.56. The van der Waals surface area contributed by atoms with Gasteiger partial charge in [-0.3, -0.25) is 19.3 Å². The van der Waals surface area contributed by atoms with Crippen molar-refractivity contribution in [3.05, 3.63) is 77.6 Å². The lowest BCUT2D eigenvalue weighted by Gasteiger charge is -2.48. The van der Waals surface area contributed by atoms with Crippen molar-refractivity contribution < 1.29 is 9.59 Å². The van der Waals surface area contributed by atoms with E-state index >= 15 is 0 Å². The Balaban J connectivity index is 1.12. The summed E-state index contributed by atoms with van der Waals surface area (Å²) in [6, 6.07) is 11.2. The first-order valence-electron chi connectivity index (χ1n) is 16.3. The molecule has 6 rings (SSSR count). The van der Waals surface area contributed by atoms with Gasteiger partial charge in [-0.1, -0.05) is 43.0 Å². The maximum atomic E-state index is 14.2. The van der Waals surface area contributed by atoms with Crippen LogP contribution >= 0.6 is 11.6 Å². The van der Waals surface area contributed by atoms with Crippen LogP contribution in [0.4, 0.5) is 0 Å². The van der Waals surface area contributed by atoms with Crippen LogP contribution in [0.2, 0.25) is 5.02 Å². The first-order valence-corrected chi connectivity index (χ1v) is 16.7. The molecule has 2 amide bonds. The molecule has 2 saturated heterocycles. The van der Waals surface area contributed by atoms with Crippen molar-refractivity contribution in [1.29, 1.82) is 0 Å². The maximum absolute atomic E-state index is 14.2. The van der Waals surface area contributed by atoms with Gasteiger partial charge in [-0.05, 0) is 86.1 Å². The van der Waals surface area contributed by atoms with Crippen molar-refractivity contribution >= 4 is 23.4 Å². The van der Waals surface area contributed by atoms with Crippen LogP contribution in [0.5, 0.6) is 0 Å². The molecule has 3 fully saturated rings. The molecule has 0 unspecified atom stereocenters. The molecule has 2 aliphatic heterocycles. The molecule has 1 aliphatic carbocycles. The summed E-state index contributed by atoms with van der Waals surface area (Å²) in [6.07, 6.45) is 17.4. The van der Waals surface area contributed by atoms with E-state index in [1.807, 2.05) is 40.2 Å². The van der Waals surface area contributed by atoms with Crippen LogP contribution in [-0.2, 0) is 17.8 Å². The van der Waals surface area contributed by atoms with Gasteiger partial charge in [0.1, 0.15) is 12.7 Å². The fourth-order valence-corrected chi connectivity index (χ4v) is 7.85. The molecule has 2 aromatic heterocycles. The molecule has 3 aliphatic rings. The molecule has 1 aromatic carbocycles. The van der Waals surface area contributed by atoms with Gasteiger partial charge in [0.05, 0.1) is 6.04 Å². The van der Waals surface area contributed by atoms with Gasteiger partial charge < -0.3 is 15.1 Å². The van der Waals surface area contributed by atoms with E-state index in [9.17, 15) is 9.59 Å². The summed E-state index contributed by atoms with van der Waals surface area (Å²) in [5.41, 5.74) is 1.91. The second kappa shape index (κ2) is 14.2. The van der Waals surface area contributed by atoms with E-state index in [0.717, 1.165) is 50.9 Å². The van der Waals surface area contributed by atoms with E-state index in [0.29, 0.717) is 36.0 Å². The van der Waals surface area contributed by atoms with Crippen LogP contribution in [-0.4, -0.2) is 79.6 Å². The van der Waals surface area contributed by atoms with E-state index in [2.05, 4.69) is 25.3 Å². The molecule has 44 heavy (non-hydrogen) atoms. The van der Waals surface area contributed by atoms with E-state index in [1.165, 1.54) is 32.1 Å². The third kappa shape index (κ3) is 7.32. The van der Waals surface area contributed by atoms with E-state index < -0.39 is 0 Å². The summed E-state index contributed by atoms with van der Waals surface area (Å²) in [7, 11) is 0. The summed E-state index contributed by atoms with van der Waals surface area (Å²) >= 11 is 6.18. The lowest BCUT2D eigenvalue weighted by atomic mass is 9.63. The molecular formula is C34H44ClN7O2. The lowest BCUT2D eigenvalue weighted by molar-refractivity contribution is -0.137. The Morgan fingerprint density at radius 2 is 1.59 bits per heavy atom. The molecule has 4 heterocycles. The van der Waals surface area contributed by atoms with Gasteiger partial charge in [-0.25, -0.2) is 4.98 Å². The molecule has 0 bridgehead atoms. The third-order valence-corrected chi connectivity index (χ3v) is 10.5. The van der Waals surface area contributed by atoms with Crippen molar-refractivity contribution in [2.45, 2.75) is 82.8 Å². The van der Waals surface area contributed by atoms with Crippen molar-refractivity contribution in [2.24, 2.45) is 11.3 Å². The van der Waals surface area contributed by atoms with Gasteiger partial charge in [0.25, 0.3) is 5.91 Å². The Hall–Kier alpha value is -3.30. The predicted molar refractivity (Wildman–Crippen MR) is 170 cm³/mol. The molecule has 10 heteroatoms. The average Bonchev–Trinajstić information content (AvgIpc) is 3.59. The second-order valence-corrected chi connectivity index (χ2v) is 13.4. The zero-order valence-electron chi connectivity index (χ0n) is 25.5. The molecule has 1 atom stereocenters. The Kier molecular flexibility index (Phi) is 9.92. The Bertz CT molecular complexity index is 1350. The highest BCUT2D eigenvalue weighted by Crippen LogP contribution is 2.47. The largest absolute Gasteiger partial charge is 0.341 e. The number of hydrogen-bond acceptors (Lipinski definition) is 6. The van der Waals surface area contributed by atoms with Gasteiger partial charge in [0.2, 0.25) is 5.91 Å². The number of nitrogens with one attached hydrogen (secondary N) is 1. The number of benzene rings is 1. The number of pyridine rings is 1. The summed E-state index contributed by atoms with van der Waals surface area (Å²) < 4.78 is 2.00. The van der Waals surface area contributed by atoms with Crippen LogP contribution in [0.1, 0.15) is 73.7 Å². The highest BCUT2D eigenvalue weighted by molar-refractivity contribution is 6.30. The number of aromatic nitrogens is 4. The van der Waals surface area contributed by atoms with Crippen molar-refractivity contribution in [3.8, 4) is 0 Å². The van der Waals surface area contributed by atoms with Crippen LogP contribution in [0.15, 0.2) is 61.4 Å². The monoisotopic (exact) mass is 617 g/mol. The van der Waals surface area contributed by atoms with Gasteiger partial charge in [0, 0.05) is 61.7 Å². The van der Waals surface area contributed by atoms with Crippen LogP contribution in [0, 0.1) is 11.3 Å². The average molecular weight is 618 g/mol. The SMILES string of the molecule is O=C(c1ccncc1)N1CCC(N[C@H](Cc2ccc(Cl)cc2)C(=O)N2CCC(Cn3cncn3)(C3CCCCC3)CC2)CC1. The number of hydrogen-bond donors (Lipinski definition) is 1. The fraction of sp³-hybridized carbons (Fsp3) is 0.559.